The fourth-order valence-electron chi connectivity index (χ4n) is 2.05. The van der Waals surface area contributed by atoms with Crippen molar-refractivity contribution >= 4 is 18.1 Å². The molecular formula is C15H36O2Si2. The molecule has 0 spiro atoms. The van der Waals surface area contributed by atoms with Crippen LogP contribution in [0.3, 0.4) is 0 Å². The van der Waals surface area contributed by atoms with E-state index in [4.69, 9.17) is 8.85 Å². The Morgan fingerprint density at radius 1 is 0.842 bits per heavy atom. The molecule has 0 aromatic heterocycles. The van der Waals surface area contributed by atoms with E-state index >= 15 is 0 Å². The summed E-state index contributed by atoms with van der Waals surface area (Å²) in [5.41, 5.74) is 0.221. The van der Waals surface area contributed by atoms with E-state index in [-0.39, 0.29) is 5.41 Å². The summed E-state index contributed by atoms with van der Waals surface area (Å²) in [4.78, 5) is 0. The summed E-state index contributed by atoms with van der Waals surface area (Å²) in [5, 5.41) is 0. The van der Waals surface area contributed by atoms with Gasteiger partial charge in [-0.3, -0.25) is 0 Å². The van der Waals surface area contributed by atoms with Crippen molar-refractivity contribution < 1.29 is 8.85 Å². The van der Waals surface area contributed by atoms with Crippen LogP contribution in [-0.2, 0) is 8.85 Å². The van der Waals surface area contributed by atoms with Crippen LogP contribution in [0.5, 0.6) is 0 Å². The Balaban J connectivity index is 4.77. The molecular weight excluding hydrogens is 268 g/mol. The number of hydrogen-bond donors (Lipinski definition) is 0. The topological polar surface area (TPSA) is 18.5 Å². The van der Waals surface area contributed by atoms with Crippen LogP contribution in [0.25, 0.3) is 0 Å². The van der Waals surface area contributed by atoms with Gasteiger partial charge in [0.25, 0.3) is 0 Å². The van der Waals surface area contributed by atoms with Crippen molar-refractivity contribution in [1.29, 1.82) is 0 Å². The largest absolute Gasteiger partial charge is 0.420 e. The van der Waals surface area contributed by atoms with E-state index in [1.165, 1.54) is 12.8 Å². The van der Waals surface area contributed by atoms with Gasteiger partial charge in [-0.2, -0.15) is 0 Å². The molecule has 0 saturated heterocycles. The van der Waals surface area contributed by atoms with Gasteiger partial charge < -0.3 is 8.85 Å². The van der Waals surface area contributed by atoms with Gasteiger partial charge in [0.15, 0.2) is 18.1 Å². The Bertz CT molecular complexity index is 197. The summed E-state index contributed by atoms with van der Waals surface area (Å²) >= 11 is 0. The summed E-state index contributed by atoms with van der Waals surface area (Å²) < 4.78 is 12.2. The zero-order valence-electron chi connectivity index (χ0n) is 14.5. The van der Waals surface area contributed by atoms with Gasteiger partial charge in [0.05, 0.1) is 0 Å². The maximum atomic E-state index is 6.11. The molecule has 0 bridgehead atoms. The van der Waals surface area contributed by atoms with E-state index in [1.807, 2.05) is 0 Å². The molecule has 0 aromatic rings. The van der Waals surface area contributed by atoms with E-state index in [2.05, 4.69) is 53.9 Å². The van der Waals surface area contributed by atoms with E-state index in [0.29, 0.717) is 5.92 Å². The smallest absolute Gasteiger partial charge is 0.170 e. The third kappa shape index (κ3) is 8.28. The van der Waals surface area contributed by atoms with E-state index in [9.17, 15) is 0 Å². The summed E-state index contributed by atoms with van der Waals surface area (Å²) in [6, 6.07) is 0. The van der Waals surface area contributed by atoms with Gasteiger partial charge in [-0.15, -0.1) is 0 Å². The standard InChI is InChI=1S/C15H36O2Si2/c1-13(2)9-10-15(14(3)4,11-16-18(5)6)12-17-19(7)8/h13-14,18-19H,9-12H2,1-8H3. The molecule has 0 rings (SSSR count). The van der Waals surface area contributed by atoms with Gasteiger partial charge in [0.2, 0.25) is 0 Å². The third-order valence-electron chi connectivity index (χ3n) is 3.85. The van der Waals surface area contributed by atoms with Gasteiger partial charge in [-0.25, -0.2) is 0 Å². The fraction of sp³-hybridized carbons (Fsp3) is 1.00. The predicted octanol–water partition coefficient (Wildman–Crippen LogP) is 4.07. The van der Waals surface area contributed by atoms with Crippen molar-refractivity contribution in [2.45, 2.75) is 66.7 Å². The van der Waals surface area contributed by atoms with Crippen molar-refractivity contribution in [3.05, 3.63) is 0 Å². The zero-order valence-corrected chi connectivity index (χ0v) is 16.8. The quantitative estimate of drug-likeness (QED) is 0.567. The molecule has 4 heteroatoms. The van der Waals surface area contributed by atoms with Crippen LogP contribution in [-0.4, -0.2) is 31.3 Å². The lowest BCUT2D eigenvalue weighted by Crippen LogP contribution is -2.40. The molecule has 116 valence electrons. The first-order chi connectivity index (χ1) is 8.69. The molecule has 0 aliphatic rings. The Kier molecular flexibility index (Phi) is 9.49. The zero-order chi connectivity index (χ0) is 15.1. The molecule has 0 unspecified atom stereocenters. The third-order valence-corrected chi connectivity index (χ3v) is 5.52. The highest BCUT2D eigenvalue weighted by Gasteiger charge is 2.34. The van der Waals surface area contributed by atoms with Gasteiger partial charge in [0, 0.05) is 18.6 Å². The second-order valence-electron chi connectivity index (χ2n) is 7.17. The highest BCUT2D eigenvalue weighted by atomic mass is 28.3. The average molecular weight is 305 g/mol. The molecule has 0 aliphatic carbocycles. The van der Waals surface area contributed by atoms with Crippen LogP contribution in [0.4, 0.5) is 0 Å². The molecule has 0 N–H and O–H groups in total. The molecule has 19 heavy (non-hydrogen) atoms. The SMILES string of the molecule is CC(C)CCC(CO[SiH](C)C)(CO[SiH](C)C)C(C)C. The second kappa shape index (κ2) is 9.32. The van der Waals surface area contributed by atoms with Crippen LogP contribution in [0.2, 0.25) is 26.2 Å². The van der Waals surface area contributed by atoms with Crippen LogP contribution in [0, 0.1) is 17.3 Å². The van der Waals surface area contributed by atoms with Crippen molar-refractivity contribution in [1.82, 2.24) is 0 Å². The Morgan fingerprint density at radius 2 is 1.26 bits per heavy atom. The van der Waals surface area contributed by atoms with Gasteiger partial charge in [0.1, 0.15) is 0 Å². The first-order valence-electron chi connectivity index (χ1n) is 7.93. The van der Waals surface area contributed by atoms with E-state index in [0.717, 1.165) is 19.1 Å². The monoisotopic (exact) mass is 304 g/mol. The van der Waals surface area contributed by atoms with E-state index in [1.54, 1.807) is 0 Å². The number of hydrogen-bond acceptors (Lipinski definition) is 2. The average Bonchev–Trinajstić information content (AvgIpc) is 2.27. The maximum absolute atomic E-state index is 6.11. The molecule has 0 saturated carbocycles. The summed E-state index contributed by atoms with van der Waals surface area (Å²) in [6.07, 6.45) is 2.49. The molecule has 2 nitrogen and oxygen atoms in total. The van der Waals surface area contributed by atoms with Crippen molar-refractivity contribution in [3.8, 4) is 0 Å². The lowest BCUT2D eigenvalue weighted by Gasteiger charge is -2.39. The lowest BCUT2D eigenvalue weighted by molar-refractivity contribution is 0.0234. The van der Waals surface area contributed by atoms with Crippen LogP contribution < -0.4 is 0 Å². The lowest BCUT2D eigenvalue weighted by atomic mass is 9.74. The second-order valence-corrected chi connectivity index (χ2v) is 12.0. The van der Waals surface area contributed by atoms with Crippen molar-refractivity contribution in [2.75, 3.05) is 13.2 Å². The van der Waals surface area contributed by atoms with Crippen LogP contribution in [0.1, 0.15) is 40.5 Å². The van der Waals surface area contributed by atoms with Crippen molar-refractivity contribution in [3.63, 3.8) is 0 Å². The molecule has 0 atom stereocenters. The molecule has 0 aliphatic heterocycles. The molecule has 0 radical (unpaired) electrons. The minimum Gasteiger partial charge on any atom is -0.420 e. The molecule has 0 heterocycles. The fourth-order valence-corrected chi connectivity index (χ4v) is 3.38. The highest BCUT2D eigenvalue weighted by molar-refractivity contribution is 6.48. The molecule has 0 fully saturated rings. The van der Waals surface area contributed by atoms with E-state index < -0.39 is 18.1 Å². The Morgan fingerprint density at radius 3 is 1.53 bits per heavy atom. The summed E-state index contributed by atoms with van der Waals surface area (Å²) in [6.45, 7) is 20.1. The summed E-state index contributed by atoms with van der Waals surface area (Å²) in [5.74, 6) is 1.37. The first-order valence-corrected chi connectivity index (χ1v) is 13.5. The predicted molar refractivity (Wildman–Crippen MR) is 91.0 cm³/mol. The Labute approximate surface area is 124 Å². The van der Waals surface area contributed by atoms with Crippen LogP contribution in [0.15, 0.2) is 0 Å². The van der Waals surface area contributed by atoms with Crippen molar-refractivity contribution in [2.24, 2.45) is 17.3 Å². The molecule has 0 aromatic carbocycles. The highest BCUT2D eigenvalue weighted by Crippen LogP contribution is 2.35. The van der Waals surface area contributed by atoms with Crippen LogP contribution >= 0.6 is 0 Å². The Hall–Kier alpha value is 0.354. The maximum Gasteiger partial charge on any atom is 0.170 e. The van der Waals surface area contributed by atoms with Gasteiger partial charge >= 0.3 is 0 Å². The number of rotatable bonds is 10. The van der Waals surface area contributed by atoms with Gasteiger partial charge in [-0.1, -0.05) is 34.1 Å². The minimum absolute atomic E-state index is 0.221. The summed E-state index contributed by atoms with van der Waals surface area (Å²) in [7, 11) is -1.91. The van der Waals surface area contributed by atoms with Gasteiger partial charge in [-0.05, 0) is 44.4 Å². The normalized spacial score (nSPS) is 13.3. The molecule has 0 amide bonds. The first kappa shape index (κ1) is 19.4. The minimum atomic E-state index is -0.955.